The first-order chi connectivity index (χ1) is 18.5. The van der Waals surface area contributed by atoms with Crippen LogP contribution in [0.2, 0.25) is 0 Å². The number of amides is 1. The Balaban J connectivity index is 1.31. The Morgan fingerprint density at radius 3 is 2.63 bits per heavy atom. The van der Waals surface area contributed by atoms with Gasteiger partial charge in [-0.1, -0.05) is 12.1 Å². The van der Waals surface area contributed by atoms with Crippen LogP contribution in [0.25, 0.3) is 17.0 Å². The van der Waals surface area contributed by atoms with Gasteiger partial charge in [0, 0.05) is 36.8 Å². The highest BCUT2D eigenvalue weighted by molar-refractivity contribution is 6.05. The molecule has 0 aliphatic carbocycles. The molecule has 38 heavy (non-hydrogen) atoms. The number of fused-ring (bicyclic) bond motifs is 1. The number of aryl methyl sites for hydroxylation is 1. The largest absolute Gasteiger partial charge is 0.491 e. The zero-order chi connectivity index (χ0) is 26.5. The number of aromatic nitrogens is 4. The maximum Gasteiger partial charge on any atom is 0.255 e. The first kappa shape index (κ1) is 24.7. The number of anilines is 4. The van der Waals surface area contributed by atoms with Gasteiger partial charge in [0.05, 0.1) is 35.1 Å². The van der Waals surface area contributed by atoms with Crippen LogP contribution < -0.4 is 21.1 Å². The van der Waals surface area contributed by atoms with Gasteiger partial charge in [-0.15, -0.1) is 0 Å². The van der Waals surface area contributed by atoms with Crippen molar-refractivity contribution in [2.24, 2.45) is 0 Å². The van der Waals surface area contributed by atoms with Gasteiger partial charge in [-0.3, -0.25) is 9.20 Å². The molecule has 10 heteroatoms. The minimum atomic E-state index is -0.247. The summed E-state index contributed by atoms with van der Waals surface area (Å²) in [5.74, 6) is 0.897. The smallest absolute Gasteiger partial charge is 0.255 e. The molecule has 0 aliphatic heterocycles. The standard InChI is InChI=1S/C28H27N7O3/c1-18-26(35-14-12-21(17-25(35)31-18)38-16-15-37-2)24-11-13-30-28(34-24)32-20-9-7-19(8-10-20)27(36)33-23-6-4-3-5-22(23)29/h3-14,17H,15-16,29H2,1-2H3,(H,33,36)(H,30,32,34). The van der Waals surface area contributed by atoms with E-state index in [2.05, 4.69) is 20.6 Å². The van der Waals surface area contributed by atoms with Gasteiger partial charge in [-0.05, 0) is 55.5 Å². The molecule has 192 valence electrons. The van der Waals surface area contributed by atoms with Crippen LogP contribution >= 0.6 is 0 Å². The van der Waals surface area contributed by atoms with Crippen LogP contribution in [0, 0.1) is 6.92 Å². The third-order valence-electron chi connectivity index (χ3n) is 5.84. The maximum atomic E-state index is 12.6. The van der Waals surface area contributed by atoms with Crippen molar-refractivity contribution in [3.8, 4) is 17.1 Å². The Labute approximate surface area is 219 Å². The summed E-state index contributed by atoms with van der Waals surface area (Å²) in [6.07, 6.45) is 3.60. The van der Waals surface area contributed by atoms with E-state index in [1.54, 1.807) is 49.7 Å². The number of para-hydroxylation sites is 2. The van der Waals surface area contributed by atoms with Crippen molar-refractivity contribution in [2.45, 2.75) is 6.92 Å². The van der Waals surface area contributed by atoms with Gasteiger partial charge in [0.25, 0.3) is 5.91 Å². The average Bonchev–Trinajstić information content (AvgIpc) is 3.25. The highest BCUT2D eigenvalue weighted by Gasteiger charge is 2.14. The SMILES string of the molecule is COCCOc1ccn2c(-c3ccnc(Nc4ccc(C(=O)Nc5ccccc5N)cc4)n3)c(C)nc2c1. The average molecular weight is 510 g/mol. The minimum Gasteiger partial charge on any atom is -0.491 e. The number of nitrogens with zero attached hydrogens (tertiary/aromatic N) is 4. The number of imidazole rings is 1. The number of nitrogens with one attached hydrogen (secondary N) is 2. The van der Waals surface area contributed by atoms with Gasteiger partial charge < -0.3 is 25.8 Å². The number of carbonyl (C=O) groups is 1. The third-order valence-corrected chi connectivity index (χ3v) is 5.84. The number of pyridine rings is 1. The van der Waals surface area contributed by atoms with Crippen LogP contribution in [0.5, 0.6) is 5.75 Å². The van der Waals surface area contributed by atoms with Gasteiger partial charge in [0.15, 0.2) is 0 Å². The lowest BCUT2D eigenvalue weighted by Crippen LogP contribution is -2.13. The summed E-state index contributed by atoms with van der Waals surface area (Å²) in [6, 6.07) is 19.8. The Morgan fingerprint density at radius 1 is 1.03 bits per heavy atom. The second-order valence-corrected chi connectivity index (χ2v) is 8.49. The van der Waals surface area contributed by atoms with Crippen LogP contribution in [0.1, 0.15) is 16.1 Å². The van der Waals surface area contributed by atoms with Crippen LogP contribution in [-0.2, 0) is 4.74 Å². The van der Waals surface area contributed by atoms with E-state index in [0.717, 1.165) is 34.2 Å². The number of rotatable bonds is 9. The molecule has 0 saturated heterocycles. The molecule has 10 nitrogen and oxygen atoms in total. The van der Waals surface area contributed by atoms with E-state index in [1.807, 2.05) is 47.9 Å². The summed E-state index contributed by atoms with van der Waals surface area (Å²) < 4.78 is 12.7. The Hall–Kier alpha value is -4.96. The molecule has 3 heterocycles. The molecular weight excluding hydrogens is 482 g/mol. The van der Waals surface area contributed by atoms with E-state index in [0.29, 0.717) is 36.1 Å². The lowest BCUT2D eigenvalue weighted by atomic mass is 10.2. The third kappa shape index (κ3) is 5.40. The highest BCUT2D eigenvalue weighted by atomic mass is 16.5. The number of hydrogen-bond acceptors (Lipinski definition) is 8. The van der Waals surface area contributed by atoms with Crippen LogP contribution in [0.3, 0.4) is 0 Å². The second kappa shape index (κ2) is 11.0. The first-order valence-electron chi connectivity index (χ1n) is 12.0. The quantitative estimate of drug-likeness (QED) is 0.193. The molecular formula is C28H27N7O3. The summed E-state index contributed by atoms with van der Waals surface area (Å²) in [5, 5.41) is 6.03. The van der Waals surface area contributed by atoms with Crippen molar-refractivity contribution < 1.29 is 14.3 Å². The number of benzene rings is 2. The number of ether oxygens (including phenoxy) is 2. The van der Waals surface area contributed by atoms with E-state index in [9.17, 15) is 4.79 Å². The summed E-state index contributed by atoms with van der Waals surface area (Å²) in [4.78, 5) is 26.3. The van der Waals surface area contributed by atoms with E-state index < -0.39 is 0 Å². The molecule has 0 unspecified atom stereocenters. The molecule has 4 N–H and O–H groups in total. The van der Waals surface area contributed by atoms with Crippen LogP contribution in [0.4, 0.5) is 23.0 Å². The number of methoxy groups -OCH3 is 1. The topological polar surface area (TPSA) is 129 Å². The van der Waals surface area contributed by atoms with Crippen molar-refractivity contribution in [3.63, 3.8) is 0 Å². The molecule has 0 fully saturated rings. The lowest BCUT2D eigenvalue weighted by molar-refractivity contribution is 0.102. The molecule has 0 aliphatic rings. The van der Waals surface area contributed by atoms with Crippen molar-refractivity contribution in [2.75, 3.05) is 36.7 Å². The van der Waals surface area contributed by atoms with Crippen molar-refractivity contribution in [1.29, 1.82) is 0 Å². The number of carbonyl (C=O) groups excluding carboxylic acids is 1. The zero-order valence-electron chi connectivity index (χ0n) is 21.0. The van der Waals surface area contributed by atoms with E-state index in [1.165, 1.54) is 0 Å². The molecule has 0 saturated carbocycles. The normalized spacial score (nSPS) is 10.9. The van der Waals surface area contributed by atoms with Gasteiger partial charge in [0.2, 0.25) is 5.95 Å². The van der Waals surface area contributed by atoms with Gasteiger partial charge in [0.1, 0.15) is 18.0 Å². The maximum absolute atomic E-state index is 12.6. The Bertz CT molecular complexity index is 1580. The van der Waals surface area contributed by atoms with Gasteiger partial charge >= 0.3 is 0 Å². The summed E-state index contributed by atoms with van der Waals surface area (Å²) in [7, 11) is 1.64. The van der Waals surface area contributed by atoms with E-state index >= 15 is 0 Å². The number of hydrogen-bond donors (Lipinski definition) is 3. The van der Waals surface area contributed by atoms with Crippen LogP contribution in [-0.4, -0.2) is 45.6 Å². The zero-order valence-corrected chi connectivity index (χ0v) is 21.0. The summed E-state index contributed by atoms with van der Waals surface area (Å²) >= 11 is 0. The van der Waals surface area contributed by atoms with Gasteiger partial charge in [-0.2, -0.15) is 0 Å². The second-order valence-electron chi connectivity index (χ2n) is 8.49. The fraction of sp³-hybridized carbons (Fsp3) is 0.143. The molecule has 0 bridgehead atoms. The van der Waals surface area contributed by atoms with E-state index in [-0.39, 0.29) is 5.91 Å². The van der Waals surface area contributed by atoms with Crippen molar-refractivity contribution in [3.05, 3.63) is 90.4 Å². The minimum absolute atomic E-state index is 0.247. The molecule has 5 aromatic rings. The highest BCUT2D eigenvalue weighted by Crippen LogP contribution is 2.26. The van der Waals surface area contributed by atoms with Gasteiger partial charge in [-0.25, -0.2) is 15.0 Å². The first-order valence-corrected chi connectivity index (χ1v) is 12.0. The van der Waals surface area contributed by atoms with E-state index in [4.69, 9.17) is 20.2 Å². The fourth-order valence-electron chi connectivity index (χ4n) is 3.98. The predicted octanol–water partition coefficient (Wildman–Crippen LogP) is 4.70. The number of nitrogens with two attached hydrogens (primary N) is 1. The molecule has 5 rings (SSSR count). The molecule has 3 aromatic heterocycles. The monoisotopic (exact) mass is 509 g/mol. The molecule has 0 atom stereocenters. The fourth-order valence-corrected chi connectivity index (χ4v) is 3.98. The molecule has 0 spiro atoms. The molecule has 0 radical (unpaired) electrons. The molecule has 1 amide bonds. The van der Waals surface area contributed by atoms with Crippen molar-refractivity contribution in [1.82, 2.24) is 19.4 Å². The summed E-state index contributed by atoms with van der Waals surface area (Å²) in [5.41, 5.74) is 11.4. The lowest BCUT2D eigenvalue weighted by Gasteiger charge is -2.10. The number of nitrogen functional groups attached to an aromatic ring is 1. The Morgan fingerprint density at radius 2 is 1.84 bits per heavy atom. The van der Waals surface area contributed by atoms with Crippen LogP contribution in [0.15, 0.2) is 79.1 Å². The molecule has 2 aromatic carbocycles. The van der Waals surface area contributed by atoms with Crippen molar-refractivity contribution >= 4 is 34.6 Å². The predicted molar refractivity (Wildman–Crippen MR) is 147 cm³/mol. The Kier molecular flexibility index (Phi) is 7.14. The summed E-state index contributed by atoms with van der Waals surface area (Å²) in [6.45, 7) is 2.92.